The van der Waals surface area contributed by atoms with Crippen LogP contribution in [0.15, 0.2) is 18.2 Å². The molecule has 1 heterocycles. The first kappa shape index (κ1) is 18.2. The number of carbonyl (C=O) groups excluding carboxylic acids is 1. The Morgan fingerprint density at radius 2 is 2.04 bits per heavy atom. The van der Waals surface area contributed by atoms with Crippen LogP contribution in [0.1, 0.15) is 48.0 Å². The van der Waals surface area contributed by atoms with E-state index in [9.17, 15) is 13.2 Å². The van der Waals surface area contributed by atoms with Crippen molar-refractivity contribution in [2.45, 2.75) is 45.1 Å². The van der Waals surface area contributed by atoms with E-state index in [0.29, 0.717) is 36.7 Å². The third-order valence-electron chi connectivity index (χ3n) is 5.36. The summed E-state index contributed by atoms with van der Waals surface area (Å²) in [4.78, 5) is 12.6. The summed E-state index contributed by atoms with van der Waals surface area (Å²) in [5, 5.41) is 3.12. The van der Waals surface area contributed by atoms with Gasteiger partial charge in [-0.1, -0.05) is 12.8 Å². The first-order valence-corrected chi connectivity index (χ1v) is 10.7. The molecule has 2 fully saturated rings. The van der Waals surface area contributed by atoms with Gasteiger partial charge in [-0.15, -0.1) is 0 Å². The molecule has 1 saturated heterocycles. The SMILES string of the molecule is Cc1cc(C(=O)N[C@H]2CCCC[C@H]2CN)ccc1N1CCCS1(=O)=O. The molecule has 1 aromatic rings. The van der Waals surface area contributed by atoms with Crippen LogP contribution in [0, 0.1) is 12.8 Å². The van der Waals surface area contributed by atoms with Crippen molar-refractivity contribution in [3.63, 3.8) is 0 Å². The van der Waals surface area contributed by atoms with Crippen molar-refractivity contribution in [3.05, 3.63) is 29.3 Å². The third kappa shape index (κ3) is 3.82. The second kappa shape index (κ2) is 7.33. The molecule has 2 atom stereocenters. The number of benzene rings is 1. The summed E-state index contributed by atoms with van der Waals surface area (Å²) in [5.41, 5.74) is 7.88. The Bertz CT molecular complexity index is 748. The van der Waals surface area contributed by atoms with Gasteiger partial charge in [-0.3, -0.25) is 9.10 Å². The summed E-state index contributed by atoms with van der Waals surface area (Å²) in [6.07, 6.45) is 4.97. The molecular weight excluding hydrogens is 338 g/mol. The predicted octanol–water partition coefficient (Wildman–Crippen LogP) is 1.78. The molecule has 7 heteroatoms. The second-order valence-electron chi connectivity index (χ2n) is 7.10. The normalized spacial score (nSPS) is 25.8. The average molecular weight is 365 g/mol. The highest BCUT2D eigenvalue weighted by Gasteiger charge is 2.30. The van der Waals surface area contributed by atoms with Crippen molar-refractivity contribution >= 4 is 21.6 Å². The minimum atomic E-state index is -3.21. The molecule has 1 saturated carbocycles. The standard InChI is InChI=1S/C18H27N3O3S/c1-13-11-14(7-8-17(13)21-9-4-10-25(21,23)24)18(22)20-16-6-3-2-5-15(16)12-19/h7-8,11,15-16H,2-6,9-10,12,19H2,1H3,(H,20,22)/t15-,16-/m0/s1. The van der Waals surface area contributed by atoms with Crippen molar-refractivity contribution in [2.75, 3.05) is 23.1 Å². The maximum absolute atomic E-state index is 12.6. The van der Waals surface area contributed by atoms with Crippen molar-refractivity contribution in [1.82, 2.24) is 5.32 Å². The Balaban J connectivity index is 1.75. The monoisotopic (exact) mass is 365 g/mol. The van der Waals surface area contributed by atoms with Gasteiger partial charge in [-0.2, -0.15) is 0 Å². The molecule has 0 spiro atoms. The van der Waals surface area contributed by atoms with E-state index in [4.69, 9.17) is 5.73 Å². The fourth-order valence-electron chi connectivity index (χ4n) is 3.92. The molecule has 1 amide bonds. The van der Waals surface area contributed by atoms with Crippen LogP contribution in [0.2, 0.25) is 0 Å². The maximum atomic E-state index is 12.6. The van der Waals surface area contributed by atoms with Crippen molar-refractivity contribution in [2.24, 2.45) is 11.7 Å². The fraction of sp³-hybridized carbons (Fsp3) is 0.611. The van der Waals surface area contributed by atoms with E-state index in [1.807, 2.05) is 6.92 Å². The molecule has 3 rings (SSSR count). The number of hydrogen-bond donors (Lipinski definition) is 2. The smallest absolute Gasteiger partial charge is 0.251 e. The van der Waals surface area contributed by atoms with E-state index >= 15 is 0 Å². The van der Waals surface area contributed by atoms with Crippen LogP contribution in [-0.4, -0.2) is 39.2 Å². The number of anilines is 1. The van der Waals surface area contributed by atoms with Crippen LogP contribution in [0.5, 0.6) is 0 Å². The summed E-state index contributed by atoms with van der Waals surface area (Å²) < 4.78 is 25.7. The molecule has 0 bridgehead atoms. The zero-order valence-corrected chi connectivity index (χ0v) is 15.5. The predicted molar refractivity (Wildman–Crippen MR) is 99.2 cm³/mol. The fourth-order valence-corrected chi connectivity index (χ4v) is 5.54. The molecule has 1 aliphatic carbocycles. The lowest BCUT2D eigenvalue weighted by atomic mass is 9.84. The van der Waals surface area contributed by atoms with Crippen LogP contribution in [0.4, 0.5) is 5.69 Å². The Kier molecular flexibility index (Phi) is 5.34. The summed E-state index contributed by atoms with van der Waals surface area (Å²) in [6.45, 7) is 2.95. The quantitative estimate of drug-likeness (QED) is 0.851. The number of amides is 1. The van der Waals surface area contributed by atoms with Gasteiger partial charge in [0.1, 0.15) is 0 Å². The lowest BCUT2D eigenvalue weighted by Crippen LogP contribution is -2.44. The van der Waals surface area contributed by atoms with Gasteiger partial charge in [0.15, 0.2) is 0 Å². The molecule has 0 radical (unpaired) electrons. The van der Waals surface area contributed by atoms with Gasteiger partial charge in [0.25, 0.3) is 5.91 Å². The first-order chi connectivity index (χ1) is 11.9. The molecule has 0 aromatic heterocycles. The van der Waals surface area contributed by atoms with E-state index in [2.05, 4.69) is 5.32 Å². The van der Waals surface area contributed by atoms with E-state index < -0.39 is 10.0 Å². The first-order valence-electron chi connectivity index (χ1n) is 9.04. The Morgan fingerprint density at radius 3 is 2.68 bits per heavy atom. The molecular formula is C18H27N3O3S. The lowest BCUT2D eigenvalue weighted by molar-refractivity contribution is 0.0908. The van der Waals surface area contributed by atoms with Gasteiger partial charge < -0.3 is 11.1 Å². The Morgan fingerprint density at radius 1 is 1.28 bits per heavy atom. The molecule has 6 nitrogen and oxygen atoms in total. The summed E-state index contributed by atoms with van der Waals surface area (Å²) >= 11 is 0. The Labute approximate surface area is 149 Å². The zero-order valence-electron chi connectivity index (χ0n) is 14.7. The van der Waals surface area contributed by atoms with Gasteiger partial charge >= 0.3 is 0 Å². The minimum Gasteiger partial charge on any atom is -0.349 e. The van der Waals surface area contributed by atoms with Crippen molar-refractivity contribution < 1.29 is 13.2 Å². The number of carbonyl (C=O) groups is 1. The van der Waals surface area contributed by atoms with Crippen LogP contribution >= 0.6 is 0 Å². The number of nitrogens with zero attached hydrogens (tertiary/aromatic N) is 1. The summed E-state index contributed by atoms with van der Waals surface area (Å²) in [7, 11) is -3.21. The Hall–Kier alpha value is -1.60. The topological polar surface area (TPSA) is 92.5 Å². The van der Waals surface area contributed by atoms with E-state index in [0.717, 1.165) is 24.8 Å². The largest absolute Gasteiger partial charge is 0.349 e. The molecule has 1 aliphatic heterocycles. The van der Waals surface area contributed by atoms with Gasteiger partial charge in [-0.25, -0.2) is 8.42 Å². The lowest BCUT2D eigenvalue weighted by Gasteiger charge is -2.31. The number of aryl methyl sites for hydroxylation is 1. The van der Waals surface area contributed by atoms with Gasteiger partial charge in [0.05, 0.1) is 11.4 Å². The van der Waals surface area contributed by atoms with Gasteiger partial charge in [-0.05, 0) is 62.4 Å². The van der Waals surface area contributed by atoms with Crippen molar-refractivity contribution in [3.8, 4) is 0 Å². The number of nitrogens with one attached hydrogen (secondary N) is 1. The highest BCUT2D eigenvalue weighted by atomic mass is 32.2. The van der Waals surface area contributed by atoms with Gasteiger partial charge in [0, 0.05) is 18.2 Å². The van der Waals surface area contributed by atoms with E-state index in [1.165, 1.54) is 10.7 Å². The molecule has 138 valence electrons. The number of sulfonamides is 1. The number of hydrogen-bond acceptors (Lipinski definition) is 4. The van der Waals surface area contributed by atoms with Crippen LogP contribution in [0.25, 0.3) is 0 Å². The van der Waals surface area contributed by atoms with E-state index in [1.54, 1.807) is 18.2 Å². The molecule has 3 N–H and O–H groups in total. The van der Waals surface area contributed by atoms with E-state index in [-0.39, 0.29) is 17.7 Å². The van der Waals surface area contributed by atoms with Crippen molar-refractivity contribution in [1.29, 1.82) is 0 Å². The minimum absolute atomic E-state index is 0.107. The molecule has 1 aromatic carbocycles. The maximum Gasteiger partial charge on any atom is 0.251 e. The average Bonchev–Trinajstić information content (AvgIpc) is 2.94. The molecule has 2 aliphatic rings. The van der Waals surface area contributed by atoms with Crippen LogP contribution < -0.4 is 15.4 Å². The number of nitrogens with two attached hydrogens (primary N) is 1. The van der Waals surface area contributed by atoms with Crippen LogP contribution in [0.3, 0.4) is 0 Å². The summed E-state index contributed by atoms with van der Waals surface area (Å²) in [6, 6.07) is 5.36. The van der Waals surface area contributed by atoms with Crippen LogP contribution in [-0.2, 0) is 10.0 Å². The summed E-state index contributed by atoms with van der Waals surface area (Å²) in [5.74, 6) is 0.425. The molecule has 0 unspecified atom stereocenters. The number of rotatable bonds is 4. The zero-order chi connectivity index (χ0) is 18.0. The second-order valence-corrected chi connectivity index (χ2v) is 9.12. The highest BCUT2D eigenvalue weighted by Crippen LogP contribution is 2.28. The highest BCUT2D eigenvalue weighted by molar-refractivity contribution is 7.93. The third-order valence-corrected chi connectivity index (χ3v) is 7.21. The molecule has 25 heavy (non-hydrogen) atoms. The van der Waals surface area contributed by atoms with Gasteiger partial charge in [0.2, 0.25) is 10.0 Å².